The number of amides is 1. The van der Waals surface area contributed by atoms with Crippen molar-refractivity contribution >= 4 is 18.3 Å². The van der Waals surface area contributed by atoms with Crippen LogP contribution in [-0.2, 0) is 10.2 Å². The molecule has 1 aromatic carbocycles. The van der Waals surface area contributed by atoms with Crippen LogP contribution in [-0.4, -0.2) is 44.1 Å². The molecule has 4 nitrogen and oxygen atoms in total. The number of carbonyl (C=O) groups is 1. The fourth-order valence-electron chi connectivity index (χ4n) is 3.11. The Labute approximate surface area is 158 Å². The van der Waals surface area contributed by atoms with E-state index < -0.39 is 0 Å². The van der Waals surface area contributed by atoms with Gasteiger partial charge in [0.25, 0.3) is 5.91 Å². The Hall–Kier alpha value is -1.26. The van der Waals surface area contributed by atoms with E-state index in [1.54, 1.807) is 0 Å². The molecular weight excluding hydrogens is 336 g/mol. The summed E-state index contributed by atoms with van der Waals surface area (Å²) in [6.07, 6.45) is 3.41. The Kier molecular flexibility index (Phi) is 8.74. The summed E-state index contributed by atoms with van der Waals surface area (Å²) < 4.78 is 5.68. The van der Waals surface area contributed by atoms with Gasteiger partial charge in [-0.05, 0) is 61.9 Å². The van der Waals surface area contributed by atoms with E-state index in [2.05, 4.69) is 38.2 Å². The quantitative estimate of drug-likeness (QED) is 0.833. The number of hydrogen-bond donors (Lipinski definition) is 1. The maximum Gasteiger partial charge on any atom is 0.260 e. The van der Waals surface area contributed by atoms with Crippen LogP contribution in [0.25, 0.3) is 0 Å². The maximum atomic E-state index is 12.3. The summed E-state index contributed by atoms with van der Waals surface area (Å²) in [7, 11) is 1.99. The van der Waals surface area contributed by atoms with E-state index in [1.807, 2.05) is 24.1 Å². The Morgan fingerprint density at radius 1 is 1.20 bits per heavy atom. The zero-order valence-electron chi connectivity index (χ0n) is 16.0. The molecule has 0 bridgehead atoms. The molecule has 1 N–H and O–H groups in total. The highest BCUT2D eigenvalue weighted by atomic mass is 35.5. The second-order valence-corrected chi connectivity index (χ2v) is 7.78. The smallest absolute Gasteiger partial charge is 0.260 e. The third kappa shape index (κ3) is 6.87. The summed E-state index contributed by atoms with van der Waals surface area (Å²) in [5.74, 6) is 1.61. The number of ether oxygens (including phenoxy) is 1. The summed E-state index contributed by atoms with van der Waals surface area (Å²) in [4.78, 5) is 14.3. The van der Waals surface area contributed by atoms with Crippen LogP contribution in [0.2, 0.25) is 0 Å². The molecule has 25 heavy (non-hydrogen) atoms. The van der Waals surface area contributed by atoms with Crippen molar-refractivity contribution in [2.75, 3.05) is 33.3 Å². The molecule has 2 rings (SSSR count). The van der Waals surface area contributed by atoms with Crippen LogP contribution in [0.1, 0.15) is 45.6 Å². The zero-order chi connectivity index (χ0) is 17.6. The van der Waals surface area contributed by atoms with E-state index in [0.717, 1.165) is 44.1 Å². The average Bonchev–Trinajstić information content (AvgIpc) is 2.58. The maximum absolute atomic E-state index is 12.3. The van der Waals surface area contributed by atoms with E-state index in [0.29, 0.717) is 0 Å². The molecule has 0 aromatic heterocycles. The largest absolute Gasteiger partial charge is 0.484 e. The van der Waals surface area contributed by atoms with Crippen molar-refractivity contribution in [1.29, 1.82) is 0 Å². The fourth-order valence-corrected chi connectivity index (χ4v) is 3.11. The van der Waals surface area contributed by atoms with Crippen molar-refractivity contribution in [3.05, 3.63) is 29.8 Å². The lowest BCUT2D eigenvalue weighted by atomic mass is 9.87. The molecular formula is C20H33ClN2O2. The third-order valence-corrected chi connectivity index (χ3v) is 4.85. The van der Waals surface area contributed by atoms with Crippen molar-refractivity contribution in [3.63, 3.8) is 0 Å². The molecule has 1 fully saturated rings. The first-order valence-electron chi connectivity index (χ1n) is 9.06. The van der Waals surface area contributed by atoms with Gasteiger partial charge in [-0.1, -0.05) is 32.9 Å². The van der Waals surface area contributed by atoms with Gasteiger partial charge in [-0.25, -0.2) is 0 Å². The summed E-state index contributed by atoms with van der Waals surface area (Å²) in [5.41, 5.74) is 1.40. The summed E-state index contributed by atoms with van der Waals surface area (Å²) in [6.45, 7) is 9.48. The predicted octanol–water partition coefficient (Wildman–Crippen LogP) is 3.63. The van der Waals surface area contributed by atoms with Crippen molar-refractivity contribution in [3.8, 4) is 5.75 Å². The van der Waals surface area contributed by atoms with Crippen molar-refractivity contribution < 1.29 is 9.53 Å². The Morgan fingerprint density at radius 3 is 2.32 bits per heavy atom. The molecule has 1 aliphatic rings. The normalized spacial score (nSPS) is 15.6. The number of nitrogens with zero attached hydrogens (tertiary/aromatic N) is 1. The fraction of sp³-hybridized carbons (Fsp3) is 0.650. The Bertz CT molecular complexity index is 517. The minimum absolute atomic E-state index is 0. The third-order valence-electron chi connectivity index (χ3n) is 4.85. The van der Waals surface area contributed by atoms with Gasteiger partial charge in [-0.2, -0.15) is 0 Å². The lowest BCUT2D eigenvalue weighted by Crippen LogP contribution is -2.41. The van der Waals surface area contributed by atoms with Gasteiger partial charge < -0.3 is 15.0 Å². The number of rotatable bonds is 6. The number of likely N-dealkylation sites (tertiary alicyclic amines) is 1. The molecule has 142 valence electrons. The van der Waals surface area contributed by atoms with Gasteiger partial charge in [-0.15, -0.1) is 12.4 Å². The second kappa shape index (κ2) is 10.0. The molecule has 1 amide bonds. The van der Waals surface area contributed by atoms with Crippen molar-refractivity contribution in [1.82, 2.24) is 10.2 Å². The van der Waals surface area contributed by atoms with Crippen LogP contribution >= 0.6 is 12.4 Å². The first kappa shape index (κ1) is 21.8. The Morgan fingerprint density at radius 2 is 1.80 bits per heavy atom. The molecule has 0 radical (unpaired) electrons. The molecule has 1 aromatic rings. The van der Waals surface area contributed by atoms with Gasteiger partial charge >= 0.3 is 0 Å². The molecule has 5 heteroatoms. The number of benzene rings is 1. The number of hydrogen-bond acceptors (Lipinski definition) is 3. The second-order valence-electron chi connectivity index (χ2n) is 7.78. The monoisotopic (exact) mass is 368 g/mol. The standard InChI is InChI=1S/C20H32N2O2.ClH/c1-20(2,3)17-5-7-18(8-6-17)24-15-19(23)22-13-10-16(11-14-22)9-12-21-4;/h5-8,16,21H,9-15H2,1-4H3;1H. The molecule has 0 atom stereocenters. The van der Waals surface area contributed by atoms with E-state index in [1.165, 1.54) is 12.0 Å². The van der Waals surface area contributed by atoms with Crippen LogP contribution in [0.15, 0.2) is 24.3 Å². The molecule has 1 aliphatic heterocycles. The van der Waals surface area contributed by atoms with Crippen LogP contribution in [0.3, 0.4) is 0 Å². The van der Waals surface area contributed by atoms with Gasteiger partial charge in [-0.3, -0.25) is 4.79 Å². The first-order valence-corrected chi connectivity index (χ1v) is 9.06. The molecule has 0 saturated carbocycles. The summed E-state index contributed by atoms with van der Waals surface area (Å²) in [6, 6.07) is 8.07. The van der Waals surface area contributed by atoms with Crippen LogP contribution in [0, 0.1) is 5.92 Å². The molecule has 0 aliphatic carbocycles. The van der Waals surface area contributed by atoms with Crippen LogP contribution in [0.4, 0.5) is 0 Å². The van der Waals surface area contributed by atoms with Crippen LogP contribution < -0.4 is 10.1 Å². The van der Waals surface area contributed by atoms with E-state index in [-0.39, 0.29) is 30.3 Å². The van der Waals surface area contributed by atoms with E-state index >= 15 is 0 Å². The molecule has 1 saturated heterocycles. The SMILES string of the molecule is CNCCC1CCN(C(=O)COc2ccc(C(C)(C)C)cc2)CC1.Cl. The van der Waals surface area contributed by atoms with Crippen molar-refractivity contribution in [2.45, 2.75) is 45.4 Å². The Balaban J connectivity index is 0.00000312. The minimum Gasteiger partial charge on any atom is -0.484 e. The number of carbonyl (C=O) groups excluding carboxylic acids is 1. The highest BCUT2D eigenvalue weighted by Crippen LogP contribution is 2.24. The van der Waals surface area contributed by atoms with Gasteiger partial charge in [0.15, 0.2) is 6.61 Å². The van der Waals surface area contributed by atoms with Gasteiger partial charge in [0.1, 0.15) is 5.75 Å². The number of piperidine rings is 1. The zero-order valence-corrected chi connectivity index (χ0v) is 16.8. The van der Waals surface area contributed by atoms with Crippen LogP contribution in [0.5, 0.6) is 5.75 Å². The summed E-state index contributed by atoms with van der Waals surface area (Å²) in [5, 5.41) is 3.20. The summed E-state index contributed by atoms with van der Waals surface area (Å²) >= 11 is 0. The number of halogens is 1. The lowest BCUT2D eigenvalue weighted by Gasteiger charge is -2.32. The first-order chi connectivity index (χ1) is 11.4. The highest BCUT2D eigenvalue weighted by Gasteiger charge is 2.22. The molecule has 0 unspecified atom stereocenters. The minimum atomic E-state index is 0. The average molecular weight is 369 g/mol. The molecule has 0 spiro atoms. The highest BCUT2D eigenvalue weighted by molar-refractivity contribution is 5.85. The lowest BCUT2D eigenvalue weighted by molar-refractivity contribution is -0.134. The predicted molar refractivity (Wildman–Crippen MR) is 106 cm³/mol. The van der Waals surface area contributed by atoms with Crippen molar-refractivity contribution in [2.24, 2.45) is 5.92 Å². The van der Waals surface area contributed by atoms with Gasteiger partial charge in [0, 0.05) is 13.1 Å². The molecule has 1 heterocycles. The topological polar surface area (TPSA) is 41.6 Å². The van der Waals surface area contributed by atoms with E-state index in [4.69, 9.17) is 4.74 Å². The van der Waals surface area contributed by atoms with E-state index in [9.17, 15) is 4.79 Å². The van der Waals surface area contributed by atoms with Gasteiger partial charge in [0.2, 0.25) is 0 Å². The van der Waals surface area contributed by atoms with Gasteiger partial charge in [0.05, 0.1) is 0 Å². The number of nitrogens with one attached hydrogen (secondary N) is 1.